The molecule has 0 N–H and O–H groups in total. The molecule has 0 unspecified atom stereocenters. The Balaban J connectivity index is 1.09. The van der Waals surface area contributed by atoms with Gasteiger partial charge in [-0.15, -0.1) is 0 Å². The maximum absolute atomic E-state index is 12.9. The van der Waals surface area contributed by atoms with Gasteiger partial charge in [0.2, 0.25) is 0 Å². The summed E-state index contributed by atoms with van der Waals surface area (Å²) < 4.78 is 43.9. The van der Waals surface area contributed by atoms with E-state index in [-0.39, 0.29) is 16.6 Å². The average molecular weight is 545 g/mol. The Morgan fingerprint density at radius 2 is 1.66 bits per heavy atom. The topological polar surface area (TPSA) is 61.8 Å². The van der Waals surface area contributed by atoms with Crippen LogP contribution in [-0.2, 0) is 23.8 Å². The van der Waals surface area contributed by atoms with Crippen LogP contribution in [0.25, 0.3) is 0 Å². The van der Waals surface area contributed by atoms with Gasteiger partial charge in [-0.1, -0.05) is 31.5 Å². The lowest BCUT2D eigenvalue weighted by atomic mass is 9.44. The molecule has 5 nitrogen and oxygen atoms in total. The number of rotatable bonds is 6. The van der Waals surface area contributed by atoms with E-state index in [1.807, 2.05) is 19.1 Å². The summed E-state index contributed by atoms with van der Waals surface area (Å²) in [7, 11) is -3.71. The Kier molecular flexibility index (Phi) is 7.50. The first kappa shape index (κ1) is 27.2. The van der Waals surface area contributed by atoms with Gasteiger partial charge in [0.15, 0.2) is 6.29 Å². The number of ether oxygens (including phenoxy) is 2. The predicted octanol–water partition coefficient (Wildman–Crippen LogP) is 7.27. The summed E-state index contributed by atoms with van der Waals surface area (Å²) >= 11 is 0. The van der Waals surface area contributed by atoms with Crippen molar-refractivity contribution in [1.29, 1.82) is 0 Å². The molecule has 0 spiro atoms. The van der Waals surface area contributed by atoms with E-state index in [4.69, 9.17) is 13.7 Å². The van der Waals surface area contributed by atoms with Gasteiger partial charge in [0.25, 0.3) is 10.1 Å². The predicted molar refractivity (Wildman–Crippen MR) is 148 cm³/mol. The quantitative estimate of drug-likeness (QED) is 0.278. The van der Waals surface area contributed by atoms with Crippen molar-refractivity contribution >= 4 is 10.1 Å². The van der Waals surface area contributed by atoms with Gasteiger partial charge in [-0.3, -0.25) is 4.18 Å². The Hall–Kier alpha value is -0.950. The van der Waals surface area contributed by atoms with Crippen molar-refractivity contribution in [2.75, 3.05) is 13.2 Å². The van der Waals surface area contributed by atoms with E-state index in [0.29, 0.717) is 30.0 Å². The van der Waals surface area contributed by atoms with E-state index in [1.165, 1.54) is 64.2 Å². The van der Waals surface area contributed by atoms with E-state index >= 15 is 0 Å². The second kappa shape index (κ2) is 10.5. The third-order valence-corrected chi connectivity index (χ3v) is 13.3. The summed E-state index contributed by atoms with van der Waals surface area (Å²) in [5.74, 6) is 3.34. The molecule has 1 aromatic rings. The highest BCUT2D eigenvalue weighted by atomic mass is 32.2. The second-order valence-corrected chi connectivity index (χ2v) is 15.5. The molecular formula is C32H48O5S. The molecule has 4 aliphatic carbocycles. The molecule has 0 radical (unpaired) electrons. The third kappa shape index (κ3) is 4.90. The number of hydrogen-bond donors (Lipinski definition) is 0. The highest BCUT2D eigenvalue weighted by Crippen LogP contribution is 2.67. The van der Waals surface area contributed by atoms with E-state index < -0.39 is 10.1 Å². The largest absolute Gasteiger partial charge is 0.353 e. The van der Waals surface area contributed by atoms with Crippen LogP contribution in [0.2, 0.25) is 0 Å². The monoisotopic (exact) mass is 544 g/mol. The highest BCUT2D eigenvalue weighted by Gasteiger charge is 2.60. The first-order valence-corrected chi connectivity index (χ1v) is 16.8. The van der Waals surface area contributed by atoms with Gasteiger partial charge in [-0.25, -0.2) is 0 Å². The molecule has 0 amide bonds. The van der Waals surface area contributed by atoms with Crippen molar-refractivity contribution in [3.63, 3.8) is 0 Å². The molecule has 6 rings (SSSR count). The molecule has 6 heteroatoms. The zero-order valence-electron chi connectivity index (χ0n) is 23.7. The lowest BCUT2D eigenvalue weighted by molar-refractivity contribution is -0.212. The molecule has 0 aromatic heterocycles. The molecule has 38 heavy (non-hydrogen) atoms. The van der Waals surface area contributed by atoms with Crippen LogP contribution in [0.3, 0.4) is 0 Å². The van der Waals surface area contributed by atoms with Gasteiger partial charge < -0.3 is 9.47 Å². The number of fused-ring (bicyclic) bond motifs is 5. The van der Waals surface area contributed by atoms with Gasteiger partial charge in [0, 0.05) is 6.61 Å². The maximum atomic E-state index is 12.9. The zero-order chi connectivity index (χ0) is 26.5. The fourth-order valence-corrected chi connectivity index (χ4v) is 10.7. The Morgan fingerprint density at radius 1 is 0.895 bits per heavy atom. The summed E-state index contributed by atoms with van der Waals surface area (Å²) in [4.78, 5) is 0.271. The Bertz CT molecular complexity index is 1080. The molecule has 0 bridgehead atoms. The normalized spacial score (nSPS) is 43.2. The summed E-state index contributed by atoms with van der Waals surface area (Å²) in [6, 6.07) is 7.00. The fraction of sp³-hybridized carbons (Fsp3) is 0.812. The van der Waals surface area contributed by atoms with Crippen LogP contribution < -0.4 is 0 Å². The van der Waals surface area contributed by atoms with Gasteiger partial charge in [-0.05, 0) is 137 Å². The molecule has 5 fully saturated rings. The van der Waals surface area contributed by atoms with Crippen molar-refractivity contribution in [1.82, 2.24) is 0 Å². The van der Waals surface area contributed by atoms with E-state index in [0.717, 1.165) is 42.8 Å². The van der Waals surface area contributed by atoms with E-state index in [2.05, 4.69) is 13.8 Å². The fourth-order valence-electron chi connectivity index (χ4n) is 9.70. The molecule has 1 aromatic carbocycles. The van der Waals surface area contributed by atoms with Crippen molar-refractivity contribution in [3.8, 4) is 0 Å². The van der Waals surface area contributed by atoms with Crippen LogP contribution in [-0.4, -0.2) is 34.0 Å². The number of aryl methyl sites for hydroxylation is 1. The van der Waals surface area contributed by atoms with Crippen molar-refractivity contribution in [3.05, 3.63) is 29.8 Å². The Labute approximate surface area is 230 Å². The molecule has 9 atom stereocenters. The summed E-state index contributed by atoms with van der Waals surface area (Å²) in [6.45, 7) is 8.20. The number of benzene rings is 1. The third-order valence-electron chi connectivity index (χ3n) is 12.0. The van der Waals surface area contributed by atoms with Crippen molar-refractivity contribution < 1.29 is 22.1 Å². The van der Waals surface area contributed by atoms with Gasteiger partial charge in [0.1, 0.15) is 0 Å². The molecule has 4 saturated carbocycles. The average Bonchev–Trinajstić information content (AvgIpc) is 3.25. The highest BCUT2D eigenvalue weighted by molar-refractivity contribution is 7.86. The molecule has 1 aliphatic heterocycles. The summed E-state index contributed by atoms with van der Waals surface area (Å²) in [6.07, 6.45) is 14.9. The standard InChI is InChI=1S/C32H48O5S/c1-22-7-11-26(12-8-22)38(33,34)36-21-24-10-14-28-27-13-9-23-20-25(37-30-6-4-5-19-35-30)15-17-31(23,2)29(27)16-18-32(24,28)3/h7-8,11-12,23-25,27-30H,4-6,9-10,13-21H2,1-3H3/t23-,24+,25+,27-,28-,29+,30-,31-,32+/m0/s1. The van der Waals surface area contributed by atoms with Crippen LogP contribution in [0, 0.1) is 47.3 Å². The van der Waals surface area contributed by atoms with Gasteiger partial charge >= 0.3 is 0 Å². The van der Waals surface area contributed by atoms with Gasteiger partial charge in [0.05, 0.1) is 17.6 Å². The first-order chi connectivity index (χ1) is 18.2. The second-order valence-electron chi connectivity index (χ2n) is 13.9. The molecule has 212 valence electrons. The van der Waals surface area contributed by atoms with Gasteiger partial charge in [-0.2, -0.15) is 8.42 Å². The van der Waals surface area contributed by atoms with Crippen molar-refractivity contribution in [2.24, 2.45) is 40.4 Å². The molecule has 1 saturated heterocycles. The van der Waals surface area contributed by atoms with Crippen LogP contribution in [0.4, 0.5) is 0 Å². The molecule has 5 aliphatic rings. The Morgan fingerprint density at radius 3 is 2.42 bits per heavy atom. The van der Waals surface area contributed by atoms with Crippen molar-refractivity contribution in [2.45, 2.75) is 115 Å². The minimum absolute atomic E-state index is 0.0253. The van der Waals surface area contributed by atoms with Crippen LogP contribution in [0.1, 0.15) is 96.5 Å². The summed E-state index contributed by atoms with van der Waals surface area (Å²) in [5, 5.41) is 0. The smallest absolute Gasteiger partial charge is 0.296 e. The number of hydrogen-bond acceptors (Lipinski definition) is 5. The lowest BCUT2D eigenvalue weighted by Crippen LogP contribution is -2.54. The van der Waals surface area contributed by atoms with Crippen LogP contribution in [0.5, 0.6) is 0 Å². The van der Waals surface area contributed by atoms with E-state index in [1.54, 1.807) is 12.1 Å². The zero-order valence-corrected chi connectivity index (χ0v) is 24.5. The lowest BCUT2D eigenvalue weighted by Gasteiger charge is -2.61. The molecular weight excluding hydrogens is 496 g/mol. The first-order valence-electron chi connectivity index (χ1n) is 15.4. The minimum atomic E-state index is -3.71. The SMILES string of the molecule is Cc1ccc(S(=O)(=O)OC[C@H]2CC[C@H]3[C@@H]4CC[C@H]5C[C@H](O[C@H]6CCCCO6)CC[C@]5(C)[C@@H]4CC[C@]23C)cc1. The van der Waals surface area contributed by atoms with Crippen LogP contribution >= 0.6 is 0 Å². The summed E-state index contributed by atoms with van der Waals surface area (Å²) in [5.41, 5.74) is 1.65. The maximum Gasteiger partial charge on any atom is 0.296 e. The van der Waals surface area contributed by atoms with E-state index in [9.17, 15) is 8.42 Å². The molecule has 1 heterocycles. The van der Waals surface area contributed by atoms with Crippen LogP contribution in [0.15, 0.2) is 29.2 Å². The minimum Gasteiger partial charge on any atom is -0.353 e.